The van der Waals surface area contributed by atoms with Crippen molar-refractivity contribution in [3.63, 3.8) is 0 Å². The van der Waals surface area contributed by atoms with Crippen molar-refractivity contribution in [3.8, 4) is 5.75 Å². The number of para-hydroxylation sites is 1. The van der Waals surface area contributed by atoms with E-state index in [1.807, 2.05) is 42.1 Å². The van der Waals surface area contributed by atoms with Gasteiger partial charge in [0.1, 0.15) is 5.75 Å². The first kappa shape index (κ1) is 12.5. The lowest BCUT2D eigenvalue weighted by atomic mass is 10.0. The average molecular weight is 265 g/mol. The van der Waals surface area contributed by atoms with Crippen molar-refractivity contribution in [2.75, 3.05) is 0 Å². The van der Waals surface area contributed by atoms with Crippen LogP contribution in [0.5, 0.6) is 5.75 Å². The number of rotatable bonds is 2. The summed E-state index contributed by atoms with van der Waals surface area (Å²) in [5, 5.41) is 10.5. The van der Waals surface area contributed by atoms with Gasteiger partial charge in [0.2, 0.25) is 0 Å². The summed E-state index contributed by atoms with van der Waals surface area (Å²) >= 11 is 0. The highest BCUT2D eigenvalue weighted by Crippen LogP contribution is 2.25. The van der Waals surface area contributed by atoms with Gasteiger partial charge in [-0.25, -0.2) is 0 Å². The smallest absolute Gasteiger partial charge is 0.195 e. The maximum absolute atomic E-state index is 12.6. The van der Waals surface area contributed by atoms with E-state index in [1.165, 1.54) is 0 Å². The lowest BCUT2D eigenvalue weighted by Gasteiger charge is -2.03. The Morgan fingerprint density at radius 2 is 1.90 bits per heavy atom. The topological polar surface area (TPSA) is 42.2 Å². The molecular weight excluding hydrogens is 250 g/mol. The Balaban J connectivity index is 2.15. The molecule has 0 aliphatic rings. The lowest BCUT2D eigenvalue weighted by molar-refractivity contribution is 0.104. The summed E-state index contributed by atoms with van der Waals surface area (Å²) in [6, 6.07) is 12.8. The molecule has 0 atom stereocenters. The molecule has 3 rings (SSSR count). The monoisotopic (exact) mass is 265 g/mol. The summed E-state index contributed by atoms with van der Waals surface area (Å²) in [6.07, 6.45) is 1.86. The van der Waals surface area contributed by atoms with Crippen molar-refractivity contribution in [1.82, 2.24) is 4.57 Å². The number of hydrogen-bond donors (Lipinski definition) is 1. The van der Waals surface area contributed by atoms with Crippen LogP contribution in [0.1, 0.15) is 21.5 Å². The molecule has 0 aliphatic heterocycles. The number of benzene rings is 2. The fourth-order valence-electron chi connectivity index (χ4n) is 2.47. The van der Waals surface area contributed by atoms with Crippen molar-refractivity contribution in [2.45, 2.75) is 6.92 Å². The molecule has 0 amide bonds. The number of aromatic nitrogens is 1. The van der Waals surface area contributed by atoms with E-state index in [4.69, 9.17) is 0 Å². The minimum absolute atomic E-state index is 0.0232. The predicted molar refractivity (Wildman–Crippen MR) is 79.2 cm³/mol. The molecule has 2 aromatic carbocycles. The van der Waals surface area contributed by atoms with Gasteiger partial charge in [0.05, 0.1) is 0 Å². The van der Waals surface area contributed by atoms with E-state index in [2.05, 4.69) is 0 Å². The van der Waals surface area contributed by atoms with E-state index in [-0.39, 0.29) is 11.5 Å². The third-order valence-electron chi connectivity index (χ3n) is 3.60. The molecule has 0 fully saturated rings. The Labute approximate surface area is 117 Å². The molecule has 1 heterocycles. The van der Waals surface area contributed by atoms with Crippen molar-refractivity contribution >= 4 is 16.7 Å². The fraction of sp³-hybridized carbons (Fsp3) is 0.118. The molecule has 3 heteroatoms. The van der Waals surface area contributed by atoms with E-state index in [0.717, 1.165) is 10.9 Å². The average Bonchev–Trinajstić information content (AvgIpc) is 2.79. The largest absolute Gasteiger partial charge is 0.508 e. The number of nitrogens with zero attached hydrogens (tertiary/aromatic N) is 1. The third kappa shape index (κ3) is 1.88. The van der Waals surface area contributed by atoms with Gasteiger partial charge < -0.3 is 9.67 Å². The maximum atomic E-state index is 12.6. The molecule has 0 aliphatic carbocycles. The summed E-state index contributed by atoms with van der Waals surface area (Å²) in [5.41, 5.74) is 3.02. The van der Waals surface area contributed by atoms with Crippen LogP contribution in [-0.4, -0.2) is 15.5 Å². The second-order valence-corrected chi connectivity index (χ2v) is 5.00. The van der Waals surface area contributed by atoms with Crippen LogP contribution in [0.3, 0.4) is 0 Å². The second kappa shape index (κ2) is 4.53. The molecule has 0 spiro atoms. The minimum Gasteiger partial charge on any atom is -0.508 e. The van der Waals surface area contributed by atoms with Gasteiger partial charge in [-0.15, -0.1) is 0 Å². The first-order chi connectivity index (χ1) is 9.58. The summed E-state index contributed by atoms with van der Waals surface area (Å²) in [5.74, 6) is 0.185. The number of phenolic OH excluding ortho intramolecular Hbond substituents is 1. The zero-order valence-electron chi connectivity index (χ0n) is 11.4. The Morgan fingerprint density at radius 3 is 2.65 bits per heavy atom. The van der Waals surface area contributed by atoms with Gasteiger partial charge in [0.25, 0.3) is 0 Å². The zero-order chi connectivity index (χ0) is 14.3. The van der Waals surface area contributed by atoms with Crippen LogP contribution in [-0.2, 0) is 7.05 Å². The highest BCUT2D eigenvalue weighted by molar-refractivity contribution is 6.16. The Kier molecular flexibility index (Phi) is 2.83. The number of phenols is 1. The summed E-state index contributed by atoms with van der Waals surface area (Å²) < 4.78 is 1.95. The molecular formula is C17H15NO2. The highest BCUT2D eigenvalue weighted by Gasteiger charge is 2.16. The molecule has 1 aromatic heterocycles. The molecule has 3 aromatic rings. The molecule has 1 N–H and O–H groups in total. The van der Waals surface area contributed by atoms with E-state index in [9.17, 15) is 9.90 Å². The number of carbonyl (C=O) groups excluding carboxylic acids is 1. The van der Waals surface area contributed by atoms with Crippen LogP contribution in [0, 0.1) is 6.92 Å². The van der Waals surface area contributed by atoms with Crippen LogP contribution < -0.4 is 0 Å². The zero-order valence-corrected chi connectivity index (χ0v) is 11.4. The van der Waals surface area contributed by atoms with Gasteiger partial charge in [-0.05, 0) is 36.8 Å². The van der Waals surface area contributed by atoms with Crippen LogP contribution in [0.4, 0.5) is 0 Å². The predicted octanol–water partition coefficient (Wildman–Crippen LogP) is 3.42. The van der Waals surface area contributed by atoms with Crippen molar-refractivity contribution in [3.05, 3.63) is 65.4 Å². The van der Waals surface area contributed by atoms with Crippen molar-refractivity contribution in [2.24, 2.45) is 7.05 Å². The lowest BCUT2D eigenvalue weighted by Crippen LogP contribution is -2.00. The van der Waals surface area contributed by atoms with Crippen molar-refractivity contribution < 1.29 is 9.90 Å². The van der Waals surface area contributed by atoms with Gasteiger partial charge in [0.15, 0.2) is 5.78 Å². The Bertz CT molecular complexity index is 815. The molecule has 0 radical (unpaired) electrons. The molecule has 100 valence electrons. The Morgan fingerprint density at radius 1 is 1.15 bits per heavy atom. The summed E-state index contributed by atoms with van der Waals surface area (Å²) in [7, 11) is 1.93. The fourth-order valence-corrected chi connectivity index (χ4v) is 2.47. The third-order valence-corrected chi connectivity index (χ3v) is 3.60. The molecule has 3 nitrogen and oxygen atoms in total. The van der Waals surface area contributed by atoms with E-state index >= 15 is 0 Å². The number of aryl methyl sites for hydroxylation is 2. The highest BCUT2D eigenvalue weighted by atomic mass is 16.3. The number of fused-ring (bicyclic) bond motifs is 1. The van der Waals surface area contributed by atoms with Gasteiger partial charge in [-0.3, -0.25) is 4.79 Å². The Hall–Kier alpha value is -2.55. The van der Waals surface area contributed by atoms with Crippen LogP contribution in [0.2, 0.25) is 0 Å². The SMILES string of the molecule is Cc1cc(C(=O)c2cn(C)c3ccccc23)ccc1O. The van der Waals surface area contributed by atoms with Crippen LogP contribution in [0.15, 0.2) is 48.7 Å². The van der Waals surface area contributed by atoms with Gasteiger partial charge in [-0.2, -0.15) is 0 Å². The molecule has 0 bridgehead atoms. The second-order valence-electron chi connectivity index (χ2n) is 5.00. The van der Waals surface area contributed by atoms with Gasteiger partial charge >= 0.3 is 0 Å². The maximum Gasteiger partial charge on any atom is 0.195 e. The van der Waals surface area contributed by atoms with E-state index < -0.39 is 0 Å². The minimum atomic E-state index is -0.0232. The number of aromatic hydroxyl groups is 1. The number of hydrogen-bond acceptors (Lipinski definition) is 2. The molecule has 0 saturated heterocycles. The molecule has 0 saturated carbocycles. The van der Waals surface area contributed by atoms with Gasteiger partial charge in [0, 0.05) is 35.3 Å². The van der Waals surface area contributed by atoms with E-state index in [0.29, 0.717) is 16.7 Å². The number of ketones is 1. The standard InChI is InChI=1S/C17H15NO2/c1-11-9-12(7-8-16(11)19)17(20)14-10-18(2)15-6-4-3-5-13(14)15/h3-10,19H,1-2H3. The first-order valence-corrected chi connectivity index (χ1v) is 6.46. The molecule has 20 heavy (non-hydrogen) atoms. The summed E-state index contributed by atoms with van der Waals surface area (Å²) in [6.45, 7) is 1.79. The van der Waals surface area contributed by atoms with Gasteiger partial charge in [-0.1, -0.05) is 18.2 Å². The normalized spacial score (nSPS) is 10.9. The van der Waals surface area contributed by atoms with Crippen LogP contribution in [0.25, 0.3) is 10.9 Å². The number of carbonyl (C=O) groups is 1. The van der Waals surface area contributed by atoms with Crippen molar-refractivity contribution in [1.29, 1.82) is 0 Å². The van der Waals surface area contributed by atoms with Crippen LogP contribution >= 0.6 is 0 Å². The quantitative estimate of drug-likeness (QED) is 0.721. The first-order valence-electron chi connectivity index (χ1n) is 6.46. The summed E-state index contributed by atoms with van der Waals surface area (Å²) in [4.78, 5) is 12.6. The van der Waals surface area contributed by atoms with E-state index in [1.54, 1.807) is 25.1 Å². The molecule has 0 unspecified atom stereocenters.